The van der Waals surface area contributed by atoms with Gasteiger partial charge >= 0.3 is 6.18 Å². The quantitative estimate of drug-likeness (QED) is 0.790. The molecule has 0 aliphatic heterocycles. The van der Waals surface area contributed by atoms with E-state index in [0.717, 1.165) is 12.1 Å². The average molecular weight is 333 g/mol. The molecule has 0 N–H and O–H groups in total. The van der Waals surface area contributed by atoms with E-state index in [2.05, 4.69) is 21.0 Å². The van der Waals surface area contributed by atoms with Crippen LogP contribution in [0.15, 0.2) is 35.1 Å². The van der Waals surface area contributed by atoms with Crippen LogP contribution in [0.3, 0.4) is 0 Å². The summed E-state index contributed by atoms with van der Waals surface area (Å²) in [7, 11) is 1.62. The van der Waals surface area contributed by atoms with Crippen LogP contribution in [0.25, 0.3) is 0 Å². The van der Waals surface area contributed by atoms with E-state index in [9.17, 15) is 18.0 Å². The average Bonchev–Trinajstić information content (AvgIpc) is 2.74. The normalized spacial score (nSPS) is 11.6. The first-order valence-electron chi connectivity index (χ1n) is 5.19. The van der Waals surface area contributed by atoms with Crippen LogP contribution in [0.1, 0.15) is 21.5 Å². The van der Waals surface area contributed by atoms with Crippen molar-refractivity contribution in [1.29, 1.82) is 0 Å². The summed E-state index contributed by atoms with van der Waals surface area (Å²) in [5, 5.41) is 3.82. The predicted molar refractivity (Wildman–Crippen MR) is 65.8 cm³/mol. The fourth-order valence-electron chi connectivity index (χ4n) is 1.57. The molecule has 2 aromatic rings. The Morgan fingerprint density at radius 3 is 2.58 bits per heavy atom. The third-order valence-electron chi connectivity index (χ3n) is 2.51. The Balaban J connectivity index is 2.47. The molecular formula is C12H8BrF3N2O. The Morgan fingerprint density at radius 1 is 1.37 bits per heavy atom. The smallest absolute Gasteiger partial charge is 0.288 e. The number of aryl methyl sites for hydroxylation is 1. The van der Waals surface area contributed by atoms with Gasteiger partial charge < -0.3 is 0 Å². The molecule has 1 aromatic carbocycles. The van der Waals surface area contributed by atoms with Crippen molar-refractivity contribution >= 4 is 21.7 Å². The summed E-state index contributed by atoms with van der Waals surface area (Å²) in [4.78, 5) is 12.1. The van der Waals surface area contributed by atoms with Gasteiger partial charge in [-0.05, 0) is 18.2 Å². The highest BCUT2D eigenvalue weighted by molar-refractivity contribution is 9.10. The Kier molecular flexibility index (Phi) is 3.49. The molecule has 0 aliphatic rings. The molecule has 1 heterocycles. The number of nitrogens with zero attached hydrogens (tertiary/aromatic N) is 2. The number of benzene rings is 1. The molecule has 0 spiro atoms. The number of carbonyl (C=O) groups is 1. The summed E-state index contributed by atoms with van der Waals surface area (Å²) < 4.78 is 39.6. The maximum absolute atomic E-state index is 12.6. The predicted octanol–water partition coefficient (Wildman–Crippen LogP) is 3.43. The minimum Gasteiger partial charge on any atom is -0.288 e. The maximum atomic E-state index is 12.6. The zero-order valence-electron chi connectivity index (χ0n) is 9.70. The van der Waals surface area contributed by atoms with Gasteiger partial charge in [0.15, 0.2) is 5.78 Å². The monoisotopic (exact) mass is 332 g/mol. The Morgan fingerprint density at radius 2 is 2.05 bits per heavy atom. The minimum atomic E-state index is -4.48. The molecule has 0 aliphatic carbocycles. The Labute approximate surface area is 115 Å². The number of alkyl halides is 3. The van der Waals surface area contributed by atoms with E-state index in [1.165, 1.54) is 23.1 Å². The topological polar surface area (TPSA) is 34.9 Å². The summed E-state index contributed by atoms with van der Waals surface area (Å²) in [6, 6.07) is 2.97. The van der Waals surface area contributed by atoms with Gasteiger partial charge in [0.2, 0.25) is 0 Å². The van der Waals surface area contributed by atoms with Crippen LogP contribution < -0.4 is 0 Å². The number of aromatic nitrogens is 2. The largest absolute Gasteiger partial charge is 0.416 e. The summed E-state index contributed by atoms with van der Waals surface area (Å²) in [6.45, 7) is 0. The fraction of sp³-hybridized carbons (Fsp3) is 0.167. The molecule has 0 amide bonds. The van der Waals surface area contributed by atoms with Crippen LogP contribution in [0.2, 0.25) is 0 Å². The van der Waals surface area contributed by atoms with Crippen molar-refractivity contribution in [2.24, 2.45) is 7.05 Å². The fourth-order valence-corrected chi connectivity index (χ4v) is 2.00. The van der Waals surface area contributed by atoms with E-state index >= 15 is 0 Å². The van der Waals surface area contributed by atoms with Crippen molar-refractivity contribution in [3.8, 4) is 0 Å². The van der Waals surface area contributed by atoms with Crippen LogP contribution >= 0.6 is 15.9 Å². The van der Waals surface area contributed by atoms with E-state index in [-0.39, 0.29) is 11.1 Å². The molecule has 0 fully saturated rings. The zero-order chi connectivity index (χ0) is 14.2. The summed E-state index contributed by atoms with van der Waals surface area (Å²) in [5.74, 6) is -0.508. The molecule has 3 nitrogen and oxygen atoms in total. The standard InChI is InChI=1S/C12H8BrF3N2O/c1-18-6-7(5-17-18)11(19)9-4-8(12(14,15)16)2-3-10(9)13/h2-6H,1H3. The molecule has 0 saturated heterocycles. The molecule has 2 rings (SSSR count). The number of rotatable bonds is 2. The lowest BCUT2D eigenvalue weighted by Gasteiger charge is -2.09. The molecule has 0 bridgehead atoms. The highest BCUT2D eigenvalue weighted by Crippen LogP contribution is 2.32. The van der Waals surface area contributed by atoms with Gasteiger partial charge in [-0.3, -0.25) is 9.48 Å². The molecular weight excluding hydrogens is 325 g/mol. The van der Waals surface area contributed by atoms with Crippen LogP contribution in [0.5, 0.6) is 0 Å². The first-order valence-corrected chi connectivity index (χ1v) is 5.98. The van der Waals surface area contributed by atoms with Crippen LogP contribution in [-0.2, 0) is 13.2 Å². The lowest BCUT2D eigenvalue weighted by Crippen LogP contribution is -2.08. The molecule has 0 atom stereocenters. The highest BCUT2D eigenvalue weighted by Gasteiger charge is 2.31. The molecule has 0 saturated carbocycles. The molecule has 0 unspecified atom stereocenters. The van der Waals surface area contributed by atoms with E-state index in [0.29, 0.717) is 4.47 Å². The SMILES string of the molecule is Cn1cc(C(=O)c2cc(C(F)(F)F)ccc2Br)cn1. The first-order chi connectivity index (χ1) is 8.79. The van der Waals surface area contributed by atoms with Gasteiger partial charge in [0.1, 0.15) is 0 Å². The van der Waals surface area contributed by atoms with Gasteiger partial charge in [-0.25, -0.2) is 0 Å². The third-order valence-corrected chi connectivity index (χ3v) is 3.20. The van der Waals surface area contributed by atoms with Crippen molar-refractivity contribution in [2.45, 2.75) is 6.18 Å². The molecule has 19 heavy (non-hydrogen) atoms. The molecule has 100 valence electrons. The second-order valence-corrected chi connectivity index (χ2v) is 4.78. The second kappa shape index (κ2) is 4.80. The number of carbonyl (C=O) groups excluding carboxylic acids is 1. The van der Waals surface area contributed by atoms with Gasteiger partial charge in [-0.15, -0.1) is 0 Å². The summed E-state index contributed by atoms with van der Waals surface area (Å²) >= 11 is 3.09. The molecule has 0 radical (unpaired) electrons. The van der Waals surface area contributed by atoms with Gasteiger partial charge in [-0.1, -0.05) is 15.9 Å². The van der Waals surface area contributed by atoms with E-state index in [1.807, 2.05) is 0 Å². The summed E-state index contributed by atoms with van der Waals surface area (Å²) in [6.07, 6.45) is -1.71. The highest BCUT2D eigenvalue weighted by atomic mass is 79.9. The van der Waals surface area contributed by atoms with Gasteiger partial charge in [0, 0.05) is 23.3 Å². The van der Waals surface area contributed by atoms with Crippen LogP contribution in [-0.4, -0.2) is 15.6 Å². The number of halogens is 4. The summed E-state index contributed by atoms with van der Waals surface area (Å²) in [5.41, 5.74) is -0.659. The van der Waals surface area contributed by atoms with E-state index in [1.54, 1.807) is 7.05 Å². The van der Waals surface area contributed by atoms with Gasteiger partial charge in [0.25, 0.3) is 0 Å². The van der Waals surface area contributed by atoms with Crippen molar-refractivity contribution in [3.05, 3.63) is 51.8 Å². The number of ketones is 1. The van der Waals surface area contributed by atoms with E-state index in [4.69, 9.17) is 0 Å². The van der Waals surface area contributed by atoms with Crippen molar-refractivity contribution in [2.75, 3.05) is 0 Å². The van der Waals surface area contributed by atoms with Crippen LogP contribution in [0.4, 0.5) is 13.2 Å². The third kappa shape index (κ3) is 2.86. The van der Waals surface area contributed by atoms with Crippen molar-refractivity contribution in [1.82, 2.24) is 9.78 Å². The maximum Gasteiger partial charge on any atom is 0.416 e. The van der Waals surface area contributed by atoms with Crippen molar-refractivity contribution in [3.63, 3.8) is 0 Å². The first kappa shape index (κ1) is 13.8. The second-order valence-electron chi connectivity index (χ2n) is 3.92. The van der Waals surface area contributed by atoms with E-state index < -0.39 is 17.5 Å². The number of hydrogen-bond acceptors (Lipinski definition) is 2. The lowest BCUT2D eigenvalue weighted by molar-refractivity contribution is -0.137. The molecule has 7 heteroatoms. The van der Waals surface area contributed by atoms with Gasteiger partial charge in [0.05, 0.1) is 17.3 Å². The van der Waals surface area contributed by atoms with Crippen molar-refractivity contribution < 1.29 is 18.0 Å². The zero-order valence-corrected chi connectivity index (χ0v) is 11.3. The Bertz CT molecular complexity index is 634. The van der Waals surface area contributed by atoms with Gasteiger partial charge in [-0.2, -0.15) is 18.3 Å². The minimum absolute atomic E-state index is 0.0391. The number of hydrogen-bond donors (Lipinski definition) is 0. The lowest BCUT2D eigenvalue weighted by atomic mass is 10.0. The van der Waals surface area contributed by atoms with Crippen LogP contribution in [0, 0.1) is 0 Å². The Hall–Kier alpha value is -1.63. The molecule has 1 aromatic heterocycles.